The van der Waals surface area contributed by atoms with Gasteiger partial charge in [0.25, 0.3) is 0 Å². The summed E-state index contributed by atoms with van der Waals surface area (Å²) in [7, 11) is 0. The molecule has 33 heavy (non-hydrogen) atoms. The number of hydrogen-bond donors (Lipinski definition) is 0. The first kappa shape index (κ1) is 21.2. The van der Waals surface area contributed by atoms with Gasteiger partial charge >= 0.3 is 17.7 Å². The van der Waals surface area contributed by atoms with Crippen LogP contribution in [0.4, 0.5) is 4.79 Å². The van der Waals surface area contributed by atoms with Crippen LogP contribution < -0.4 is 10.4 Å². The number of benzene rings is 2. The summed E-state index contributed by atoms with van der Waals surface area (Å²) in [6.45, 7) is 1.10. The molecule has 2 heterocycles. The molecule has 2 aromatic carbocycles. The topological polar surface area (TPSA) is 86.1 Å². The molecule has 3 aromatic rings. The first-order chi connectivity index (χ1) is 16.1. The van der Waals surface area contributed by atoms with Crippen LogP contribution in [0.5, 0.6) is 5.75 Å². The zero-order chi connectivity index (χ0) is 22.8. The quantitative estimate of drug-likeness (QED) is 0.338. The molecular weight excluding hydrogens is 422 g/mol. The van der Waals surface area contributed by atoms with E-state index >= 15 is 0 Å². The Morgan fingerprint density at radius 2 is 1.76 bits per heavy atom. The van der Waals surface area contributed by atoms with Gasteiger partial charge in [-0.1, -0.05) is 30.3 Å². The minimum absolute atomic E-state index is 0.225. The molecule has 0 saturated carbocycles. The van der Waals surface area contributed by atoms with Crippen LogP contribution >= 0.6 is 0 Å². The lowest BCUT2D eigenvalue weighted by molar-refractivity contribution is -0.140. The van der Waals surface area contributed by atoms with Gasteiger partial charge < -0.3 is 18.8 Å². The van der Waals surface area contributed by atoms with Crippen molar-refractivity contribution in [3.63, 3.8) is 0 Å². The third kappa shape index (κ3) is 4.49. The summed E-state index contributed by atoms with van der Waals surface area (Å²) >= 11 is 0. The maximum atomic E-state index is 12.7. The third-order valence-corrected chi connectivity index (χ3v) is 6.46. The van der Waals surface area contributed by atoms with Crippen molar-refractivity contribution in [2.45, 2.75) is 38.7 Å². The molecule has 0 N–H and O–H groups in total. The Kier molecular flexibility index (Phi) is 5.86. The molecule has 1 fully saturated rings. The highest BCUT2D eigenvalue weighted by molar-refractivity contribution is 5.84. The fraction of sp³-hybridized carbons (Fsp3) is 0.346. The number of aryl methyl sites for hydroxylation is 1. The molecule has 0 atom stereocenters. The molecule has 5 rings (SSSR count). The molecule has 1 aromatic heterocycles. The van der Waals surface area contributed by atoms with Crippen molar-refractivity contribution in [2.24, 2.45) is 5.92 Å². The molecule has 1 saturated heterocycles. The van der Waals surface area contributed by atoms with E-state index in [1.807, 2.05) is 36.4 Å². The van der Waals surface area contributed by atoms with E-state index in [9.17, 15) is 14.4 Å². The van der Waals surface area contributed by atoms with Gasteiger partial charge in [-0.05, 0) is 55.4 Å². The monoisotopic (exact) mass is 447 g/mol. The summed E-state index contributed by atoms with van der Waals surface area (Å²) in [6.07, 6.45) is 3.22. The summed E-state index contributed by atoms with van der Waals surface area (Å²) in [6, 6.07) is 14.7. The average molecular weight is 447 g/mol. The predicted octanol–water partition coefficient (Wildman–Crippen LogP) is 4.24. The normalized spacial score (nSPS) is 15.9. The molecule has 170 valence electrons. The van der Waals surface area contributed by atoms with Crippen LogP contribution in [0.3, 0.4) is 0 Å². The molecule has 2 aliphatic rings. The van der Waals surface area contributed by atoms with E-state index < -0.39 is 0 Å². The fourth-order valence-electron chi connectivity index (χ4n) is 4.64. The number of fused-ring (bicyclic) bond motifs is 3. The minimum atomic E-state index is -0.372. The predicted molar refractivity (Wildman–Crippen MR) is 121 cm³/mol. The van der Waals surface area contributed by atoms with Gasteiger partial charge in [0.15, 0.2) is 0 Å². The van der Waals surface area contributed by atoms with Gasteiger partial charge in [0.2, 0.25) is 0 Å². The Bertz CT molecular complexity index is 1240. The lowest BCUT2D eigenvalue weighted by Crippen LogP contribution is -2.41. The van der Waals surface area contributed by atoms with Crippen LogP contribution in [-0.4, -0.2) is 30.1 Å². The second kappa shape index (κ2) is 9.10. The van der Waals surface area contributed by atoms with Crippen molar-refractivity contribution in [3.05, 3.63) is 75.6 Å². The first-order valence-corrected chi connectivity index (χ1v) is 11.3. The van der Waals surface area contributed by atoms with Crippen LogP contribution in [0.25, 0.3) is 11.0 Å². The highest BCUT2D eigenvalue weighted by Crippen LogP contribution is 2.30. The Morgan fingerprint density at radius 3 is 2.55 bits per heavy atom. The molecule has 0 unspecified atom stereocenters. The van der Waals surface area contributed by atoms with Gasteiger partial charge in [0, 0.05) is 30.1 Å². The number of nitrogens with zero attached hydrogens (tertiary/aromatic N) is 1. The lowest BCUT2D eigenvalue weighted by atomic mass is 9.97. The van der Waals surface area contributed by atoms with Crippen molar-refractivity contribution >= 4 is 23.0 Å². The van der Waals surface area contributed by atoms with E-state index in [2.05, 4.69) is 0 Å². The molecule has 1 aliphatic heterocycles. The van der Waals surface area contributed by atoms with E-state index in [4.69, 9.17) is 13.9 Å². The summed E-state index contributed by atoms with van der Waals surface area (Å²) in [5.41, 5.74) is 2.89. The number of piperidine rings is 1. The average Bonchev–Trinajstić information content (AvgIpc) is 3.34. The Hall–Kier alpha value is -3.61. The summed E-state index contributed by atoms with van der Waals surface area (Å²) < 4.78 is 16.4. The molecule has 0 radical (unpaired) electrons. The Labute approximate surface area is 190 Å². The third-order valence-electron chi connectivity index (χ3n) is 6.46. The van der Waals surface area contributed by atoms with Gasteiger partial charge in [0.05, 0.1) is 5.92 Å². The van der Waals surface area contributed by atoms with E-state index in [1.165, 1.54) is 0 Å². The van der Waals surface area contributed by atoms with Crippen molar-refractivity contribution < 1.29 is 23.5 Å². The van der Waals surface area contributed by atoms with Gasteiger partial charge in [-0.2, -0.15) is 0 Å². The zero-order valence-corrected chi connectivity index (χ0v) is 18.2. The van der Waals surface area contributed by atoms with Gasteiger partial charge in [-0.25, -0.2) is 9.59 Å². The molecule has 7 heteroatoms. The number of carbonyl (C=O) groups excluding carboxylic acids is 2. The Balaban J connectivity index is 1.17. The molecular formula is C26H25NO6. The first-order valence-electron chi connectivity index (χ1n) is 11.3. The van der Waals surface area contributed by atoms with Crippen molar-refractivity contribution in [1.82, 2.24) is 4.90 Å². The van der Waals surface area contributed by atoms with Crippen LogP contribution in [0.1, 0.15) is 36.0 Å². The van der Waals surface area contributed by atoms with Gasteiger partial charge in [-0.15, -0.1) is 0 Å². The van der Waals surface area contributed by atoms with E-state index in [1.54, 1.807) is 17.0 Å². The molecule has 1 aliphatic carbocycles. The van der Waals surface area contributed by atoms with Crippen LogP contribution in [0, 0.1) is 5.92 Å². The minimum Gasteiger partial charge on any atom is -0.445 e. The van der Waals surface area contributed by atoms with Gasteiger partial charge in [-0.3, -0.25) is 4.79 Å². The summed E-state index contributed by atoms with van der Waals surface area (Å²) in [5, 5.41) is 0.907. The molecule has 0 bridgehead atoms. The van der Waals surface area contributed by atoms with Crippen molar-refractivity contribution in [3.8, 4) is 5.75 Å². The zero-order valence-electron chi connectivity index (χ0n) is 18.2. The number of ether oxygens (including phenoxy) is 2. The number of rotatable bonds is 4. The summed E-state index contributed by atoms with van der Waals surface area (Å²) in [4.78, 5) is 38.8. The largest absolute Gasteiger partial charge is 0.445 e. The maximum absolute atomic E-state index is 12.7. The van der Waals surface area contributed by atoms with E-state index in [-0.39, 0.29) is 30.2 Å². The number of likely N-dealkylation sites (tertiary alicyclic amines) is 1. The maximum Gasteiger partial charge on any atom is 0.410 e. The van der Waals surface area contributed by atoms with Crippen LogP contribution in [0.2, 0.25) is 0 Å². The molecule has 0 spiro atoms. The number of carbonyl (C=O) groups is 2. The van der Waals surface area contributed by atoms with E-state index in [0.29, 0.717) is 37.3 Å². The SMILES string of the molecule is O=C(Oc1ccc2c3c(c(=O)oc2c1)CCC3)C1CCN(C(=O)OCc2ccccc2)CC1. The number of hydrogen-bond acceptors (Lipinski definition) is 6. The smallest absolute Gasteiger partial charge is 0.410 e. The second-order valence-corrected chi connectivity index (χ2v) is 8.58. The van der Waals surface area contributed by atoms with Crippen LogP contribution in [-0.2, 0) is 29.0 Å². The highest BCUT2D eigenvalue weighted by atomic mass is 16.6. The van der Waals surface area contributed by atoms with Crippen molar-refractivity contribution in [2.75, 3.05) is 13.1 Å². The summed E-state index contributed by atoms with van der Waals surface area (Å²) in [5.74, 6) is -0.278. The highest BCUT2D eigenvalue weighted by Gasteiger charge is 2.29. The lowest BCUT2D eigenvalue weighted by Gasteiger charge is -2.30. The van der Waals surface area contributed by atoms with Crippen molar-refractivity contribution in [1.29, 1.82) is 0 Å². The molecule has 7 nitrogen and oxygen atoms in total. The number of amides is 1. The second-order valence-electron chi connectivity index (χ2n) is 8.58. The Morgan fingerprint density at radius 1 is 1.00 bits per heavy atom. The molecule has 1 amide bonds. The number of esters is 1. The van der Waals surface area contributed by atoms with E-state index in [0.717, 1.165) is 41.3 Å². The van der Waals surface area contributed by atoms with Crippen LogP contribution in [0.15, 0.2) is 57.7 Å². The standard InChI is InChI=1S/C26H25NO6/c28-24(18-11-13-27(14-12-18)26(30)31-16-17-5-2-1-3-6-17)32-19-9-10-21-20-7-4-8-22(20)25(29)33-23(21)15-19/h1-3,5-6,9-10,15,18H,4,7-8,11-14,16H2. The van der Waals surface area contributed by atoms with Gasteiger partial charge in [0.1, 0.15) is 17.9 Å². The fourth-order valence-corrected chi connectivity index (χ4v) is 4.64.